The average Bonchev–Trinajstić information content (AvgIpc) is 2.74. The first-order chi connectivity index (χ1) is 9.00. The molecule has 0 bridgehead atoms. The highest BCUT2D eigenvalue weighted by Crippen LogP contribution is 2.27. The van der Waals surface area contributed by atoms with Crippen molar-refractivity contribution in [3.05, 3.63) is 23.8 Å². The number of likely N-dealkylation sites (N-methyl/N-ethyl adjacent to an activating group) is 2. The number of hydrogen-bond donors (Lipinski definition) is 2. The van der Waals surface area contributed by atoms with Gasteiger partial charge in [0.15, 0.2) is 0 Å². The number of phenols is 2. The van der Waals surface area contributed by atoms with Gasteiger partial charge in [0.1, 0.15) is 17.1 Å². The van der Waals surface area contributed by atoms with Gasteiger partial charge in [0.05, 0.1) is 0 Å². The second-order valence-electron chi connectivity index (χ2n) is 5.13. The van der Waals surface area contributed by atoms with Crippen LogP contribution in [-0.4, -0.2) is 59.1 Å². The fraction of sp³-hybridized carbons (Fsp3) is 0.500. The van der Waals surface area contributed by atoms with E-state index in [-0.39, 0.29) is 23.0 Å². The standard InChI is InChI=1S/C14H20N2O3/c1-15-8-4-5-10(15)9-16(2)14(19)13-11(17)6-3-7-12(13)18/h3,6-7,10,17-18H,4-5,8-9H2,1-2H3. The van der Waals surface area contributed by atoms with Crippen molar-refractivity contribution in [3.63, 3.8) is 0 Å². The average molecular weight is 264 g/mol. The Balaban J connectivity index is 2.10. The lowest BCUT2D eigenvalue weighted by molar-refractivity contribution is 0.0755. The van der Waals surface area contributed by atoms with E-state index in [1.807, 2.05) is 7.05 Å². The number of aromatic hydroxyl groups is 2. The quantitative estimate of drug-likeness (QED) is 0.863. The Morgan fingerprint density at radius 3 is 2.58 bits per heavy atom. The van der Waals surface area contributed by atoms with E-state index in [9.17, 15) is 15.0 Å². The van der Waals surface area contributed by atoms with Gasteiger partial charge in [-0.2, -0.15) is 0 Å². The van der Waals surface area contributed by atoms with Gasteiger partial charge in [0.2, 0.25) is 0 Å². The lowest BCUT2D eigenvalue weighted by Crippen LogP contribution is -2.39. The highest BCUT2D eigenvalue weighted by molar-refractivity contribution is 5.99. The number of rotatable bonds is 3. The fourth-order valence-electron chi connectivity index (χ4n) is 2.55. The molecule has 2 N–H and O–H groups in total. The molecule has 1 aliphatic heterocycles. The third kappa shape index (κ3) is 2.81. The summed E-state index contributed by atoms with van der Waals surface area (Å²) in [6, 6.07) is 4.67. The van der Waals surface area contributed by atoms with Crippen molar-refractivity contribution in [2.24, 2.45) is 0 Å². The van der Waals surface area contributed by atoms with Gasteiger partial charge >= 0.3 is 0 Å². The van der Waals surface area contributed by atoms with Gasteiger partial charge < -0.3 is 20.0 Å². The topological polar surface area (TPSA) is 64.0 Å². The minimum absolute atomic E-state index is 0.0225. The van der Waals surface area contributed by atoms with Crippen LogP contribution in [0.2, 0.25) is 0 Å². The summed E-state index contributed by atoms with van der Waals surface area (Å²) in [6.45, 7) is 1.65. The number of amides is 1. The number of phenolic OH excluding ortho intramolecular Hbond substituents is 2. The van der Waals surface area contributed by atoms with Gasteiger partial charge in [0.25, 0.3) is 5.91 Å². The number of carbonyl (C=O) groups is 1. The predicted molar refractivity (Wildman–Crippen MR) is 72.4 cm³/mol. The van der Waals surface area contributed by atoms with Gasteiger partial charge in [-0.05, 0) is 38.6 Å². The van der Waals surface area contributed by atoms with Crippen LogP contribution in [0.3, 0.4) is 0 Å². The number of benzene rings is 1. The molecule has 1 aliphatic rings. The van der Waals surface area contributed by atoms with E-state index in [0.29, 0.717) is 12.6 Å². The van der Waals surface area contributed by atoms with E-state index in [0.717, 1.165) is 19.4 Å². The van der Waals surface area contributed by atoms with Crippen LogP contribution in [-0.2, 0) is 0 Å². The summed E-state index contributed by atoms with van der Waals surface area (Å²) in [6.07, 6.45) is 2.21. The highest BCUT2D eigenvalue weighted by Gasteiger charge is 2.26. The van der Waals surface area contributed by atoms with Crippen LogP contribution in [0.25, 0.3) is 0 Å². The maximum atomic E-state index is 12.3. The Hall–Kier alpha value is -1.75. The van der Waals surface area contributed by atoms with Crippen molar-refractivity contribution >= 4 is 5.91 Å². The minimum Gasteiger partial charge on any atom is -0.507 e. The van der Waals surface area contributed by atoms with Gasteiger partial charge in [-0.3, -0.25) is 4.79 Å². The number of nitrogens with zero attached hydrogens (tertiary/aromatic N) is 2. The van der Waals surface area contributed by atoms with E-state index >= 15 is 0 Å². The van der Waals surface area contributed by atoms with Crippen molar-refractivity contribution in [2.75, 3.05) is 27.2 Å². The first kappa shape index (κ1) is 13.7. The van der Waals surface area contributed by atoms with Crippen LogP contribution in [0.5, 0.6) is 11.5 Å². The molecule has 0 aliphatic carbocycles. The zero-order chi connectivity index (χ0) is 14.0. The van der Waals surface area contributed by atoms with Crippen molar-refractivity contribution in [2.45, 2.75) is 18.9 Å². The van der Waals surface area contributed by atoms with E-state index in [4.69, 9.17) is 0 Å². The second-order valence-corrected chi connectivity index (χ2v) is 5.13. The van der Waals surface area contributed by atoms with Crippen molar-refractivity contribution in [3.8, 4) is 11.5 Å². The van der Waals surface area contributed by atoms with Crippen LogP contribution in [0.15, 0.2) is 18.2 Å². The van der Waals surface area contributed by atoms with Crippen molar-refractivity contribution in [1.82, 2.24) is 9.80 Å². The summed E-state index contributed by atoms with van der Waals surface area (Å²) < 4.78 is 0. The number of likely N-dealkylation sites (tertiary alicyclic amines) is 1. The molecule has 5 heteroatoms. The van der Waals surface area contributed by atoms with E-state index in [1.54, 1.807) is 11.9 Å². The van der Waals surface area contributed by atoms with Gasteiger partial charge in [-0.1, -0.05) is 6.07 Å². The summed E-state index contributed by atoms with van der Waals surface area (Å²) >= 11 is 0. The summed E-state index contributed by atoms with van der Waals surface area (Å²) in [4.78, 5) is 16.1. The summed E-state index contributed by atoms with van der Waals surface area (Å²) in [7, 11) is 3.74. The van der Waals surface area contributed by atoms with Crippen molar-refractivity contribution in [1.29, 1.82) is 0 Å². The molecule has 0 saturated carbocycles. The van der Waals surface area contributed by atoms with Crippen LogP contribution in [0.4, 0.5) is 0 Å². The monoisotopic (exact) mass is 264 g/mol. The Morgan fingerprint density at radius 2 is 2.05 bits per heavy atom. The lowest BCUT2D eigenvalue weighted by Gasteiger charge is -2.26. The van der Waals surface area contributed by atoms with Crippen LogP contribution in [0, 0.1) is 0 Å². The number of hydrogen-bond acceptors (Lipinski definition) is 4. The Bertz CT molecular complexity index is 456. The zero-order valence-corrected chi connectivity index (χ0v) is 11.3. The molecule has 19 heavy (non-hydrogen) atoms. The normalized spacial score (nSPS) is 19.6. The highest BCUT2D eigenvalue weighted by atomic mass is 16.3. The molecule has 1 unspecified atom stereocenters. The second kappa shape index (κ2) is 5.48. The minimum atomic E-state index is -0.351. The van der Waals surface area contributed by atoms with Crippen LogP contribution < -0.4 is 0 Å². The molecule has 1 amide bonds. The lowest BCUT2D eigenvalue weighted by atomic mass is 10.1. The Kier molecular flexibility index (Phi) is 3.95. The Labute approximate surface area is 113 Å². The predicted octanol–water partition coefficient (Wildman–Crippen LogP) is 1.26. The summed E-state index contributed by atoms with van der Waals surface area (Å²) in [5.41, 5.74) is -0.0225. The molecule has 0 radical (unpaired) electrons. The molecule has 1 aromatic carbocycles. The van der Waals surface area contributed by atoms with Crippen molar-refractivity contribution < 1.29 is 15.0 Å². The molecule has 1 saturated heterocycles. The first-order valence-electron chi connectivity index (χ1n) is 6.47. The molecule has 1 heterocycles. The molecule has 1 atom stereocenters. The summed E-state index contributed by atoms with van der Waals surface area (Å²) in [5.74, 6) is -0.718. The van der Waals surface area contributed by atoms with Gasteiger partial charge in [-0.15, -0.1) is 0 Å². The molecular weight excluding hydrogens is 244 g/mol. The fourth-order valence-corrected chi connectivity index (χ4v) is 2.55. The molecule has 5 nitrogen and oxygen atoms in total. The third-order valence-electron chi connectivity index (χ3n) is 3.74. The smallest absolute Gasteiger partial charge is 0.261 e. The van der Waals surface area contributed by atoms with E-state index < -0.39 is 0 Å². The van der Waals surface area contributed by atoms with E-state index in [1.165, 1.54) is 18.2 Å². The maximum Gasteiger partial charge on any atom is 0.261 e. The molecule has 104 valence electrons. The maximum absolute atomic E-state index is 12.3. The molecule has 1 aromatic rings. The number of carbonyl (C=O) groups excluding carboxylic acids is 1. The van der Waals surface area contributed by atoms with Crippen LogP contribution in [0.1, 0.15) is 23.2 Å². The van der Waals surface area contributed by atoms with Gasteiger partial charge in [-0.25, -0.2) is 0 Å². The first-order valence-corrected chi connectivity index (χ1v) is 6.47. The molecule has 0 spiro atoms. The van der Waals surface area contributed by atoms with E-state index in [2.05, 4.69) is 4.90 Å². The molecule has 2 rings (SSSR count). The Morgan fingerprint density at radius 1 is 1.42 bits per heavy atom. The largest absolute Gasteiger partial charge is 0.507 e. The molecule has 0 aromatic heterocycles. The SMILES string of the molecule is CN(CC1CCCN1C)C(=O)c1c(O)cccc1O. The zero-order valence-electron chi connectivity index (χ0n) is 11.3. The molecule has 1 fully saturated rings. The summed E-state index contributed by atoms with van der Waals surface area (Å²) in [5, 5.41) is 19.4. The van der Waals surface area contributed by atoms with Crippen LogP contribution >= 0.6 is 0 Å². The molecular formula is C14H20N2O3. The third-order valence-corrected chi connectivity index (χ3v) is 3.74. The van der Waals surface area contributed by atoms with Gasteiger partial charge in [0, 0.05) is 19.6 Å².